The van der Waals surface area contributed by atoms with E-state index in [2.05, 4.69) is 10.3 Å². The van der Waals surface area contributed by atoms with Gasteiger partial charge in [-0.15, -0.1) is 0 Å². The van der Waals surface area contributed by atoms with Crippen LogP contribution in [0.3, 0.4) is 0 Å². The third kappa shape index (κ3) is 3.81. The number of aromatic nitrogens is 1. The van der Waals surface area contributed by atoms with Crippen LogP contribution in [0, 0.1) is 0 Å². The van der Waals surface area contributed by atoms with E-state index in [0.29, 0.717) is 5.56 Å². The number of pyridine rings is 1. The number of benzene rings is 1. The van der Waals surface area contributed by atoms with E-state index in [-0.39, 0.29) is 12.1 Å². The lowest BCUT2D eigenvalue weighted by atomic mass is 10.1. The molecule has 0 bridgehead atoms. The Morgan fingerprint density at radius 1 is 1.20 bits per heavy atom. The van der Waals surface area contributed by atoms with Gasteiger partial charge in [0.15, 0.2) is 0 Å². The summed E-state index contributed by atoms with van der Waals surface area (Å²) in [5.41, 5.74) is 0.0161. The van der Waals surface area contributed by atoms with Gasteiger partial charge in [0.05, 0.1) is 12.0 Å². The fourth-order valence-electron chi connectivity index (χ4n) is 1.67. The number of amides is 1. The van der Waals surface area contributed by atoms with Crippen LogP contribution in [0.2, 0.25) is 0 Å². The summed E-state index contributed by atoms with van der Waals surface area (Å²) >= 11 is 0. The molecule has 0 aliphatic carbocycles. The molecule has 0 aliphatic heterocycles. The number of nitrogens with one attached hydrogen (secondary N) is 1. The monoisotopic (exact) mass is 280 g/mol. The molecule has 0 atom stereocenters. The molecule has 0 fully saturated rings. The van der Waals surface area contributed by atoms with Crippen molar-refractivity contribution in [3.63, 3.8) is 0 Å². The molecule has 0 saturated carbocycles. The zero-order valence-corrected chi connectivity index (χ0v) is 10.3. The number of hydrogen-bond acceptors (Lipinski definition) is 2. The second-order valence-electron chi connectivity index (χ2n) is 4.16. The first kappa shape index (κ1) is 14.0. The Morgan fingerprint density at radius 3 is 2.65 bits per heavy atom. The Morgan fingerprint density at radius 2 is 2.00 bits per heavy atom. The number of carbonyl (C=O) groups is 1. The molecule has 104 valence electrons. The number of hydrogen-bond donors (Lipinski definition) is 1. The highest BCUT2D eigenvalue weighted by atomic mass is 19.4. The van der Waals surface area contributed by atoms with E-state index in [0.717, 1.165) is 12.1 Å². The van der Waals surface area contributed by atoms with Gasteiger partial charge < -0.3 is 5.32 Å². The lowest BCUT2D eigenvalue weighted by molar-refractivity contribution is -0.137. The van der Waals surface area contributed by atoms with Crippen molar-refractivity contribution in [3.8, 4) is 0 Å². The van der Waals surface area contributed by atoms with Crippen molar-refractivity contribution < 1.29 is 18.0 Å². The molecule has 0 aliphatic rings. The molecular formula is C14H11F3N2O. The Kier molecular flexibility index (Phi) is 4.02. The van der Waals surface area contributed by atoms with Crippen molar-refractivity contribution in [2.24, 2.45) is 0 Å². The number of carbonyl (C=O) groups excluding carboxylic acids is 1. The molecule has 0 saturated heterocycles. The Bertz CT molecular complexity index is 597. The maximum atomic E-state index is 12.5. The third-order valence-corrected chi connectivity index (χ3v) is 2.56. The van der Waals surface area contributed by atoms with Gasteiger partial charge in [0.25, 0.3) is 0 Å². The van der Waals surface area contributed by atoms with Crippen LogP contribution in [0.1, 0.15) is 11.1 Å². The van der Waals surface area contributed by atoms with Crippen LogP contribution in [0.15, 0.2) is 48.8 Å². The molecule has 1 aromatic heterocycles. The standard InChI is InChI=1S/C14H11F3N2O/c15-14(16,17)11-4-1-5-12(8-11)19-13(20)7-10-3-2-6-18-9-10/h1-6,8-9H,7H2,(H,19,20). The van der Waals surface area contributed by atoms with Gasteiger partial charge in [-0.05, 0) is 29.8 Å². The molecule has 1 aromatic carbocycles. The molecule has 6 heteroatoms. The van der Waals surface area contributed by atoms with E-state index in [1.54, 1.807) is 18.3 Å². The molecule has 3 nitrogen and oxygen atoms in total. The van der Waals surface area contributed by atoms with Crippen LogP contribution in [0.4, 0.5) is 18.9 Å². The van der Waals surface area contributed by atoms with Crippen molar-refractivity contribution in [1.82, 2.24) is 4.98 Å². The average molecular weight is 280 g/mol. The SMILES string of the molecule is O=C(Cc1cccnc1)Nc1cccc(C(F)(F)F)c1. The fraction of sp³-hybridized carbons (Fsp3) is 0.143. The number of rotatable bonds is 3. The van der Waals surface area contributed by atoms with Crippen molar-refractivity contribution in [2.45, 2.75) is 12.6 Å². The normalized spacial score (nSPS) is 11.2. The van der Waals surface area contributed by atoms with Gasteiger partial charge in [-0.3, -0.25) is 9.78 Å². The number of nitrogens with zero attached hydrogens (tertiary/aromatic N) is 1. The van der Waals surface area contributed by atoms with E-state index < -0.39 is 17.6 Å². The number of alkyl halides is 3. The first-order chi connectivity index (χ1) is 9.45. The molecule has 0 spiro atoms. The van der Waals surface area contributed by atoms with Gasteiger partial charge in [-0.2, -0.15) is 13.2 Å². The molecule has 2 rings (SSSR count). The predicted molar refractivity (Wildman–Crippen MR) is 68.0 cm³/mol. The number of anilines is 1. The minimum absolute atomic E-state index is 0.0596. The first-order valence-electron chi connectivity index (χ1n) is 5.81. The van der Waals surface area contributed by atoms with Crippen LogP contribution in [-0.2, 0) is 17.4 Å². The first-order valence-corrected chi connectivity index (χ1v) is 5.81. The topological polar surface area (TPSA) is 42.0 Å². The zero-order valence-electron chi connectivity index (χ0n) is 10.3. The summed E-state index contributed by atoms with van der Waals surface area (Å²) in [7, 11) is 0. The molecule has 1 N–H and O–H groups in total. The largest absolute Gasteiger partial charge is 0.416 e. The van der Waals surface area contributed by atoms with Gasteiger partial charge in [0, 0.05) is 18.1 Å². The second kappa shape index (κ2) is 5.73. The summed E-state index contributed by atoms with van der Waals surface area (Å²) < 4.78 is 37.6. The number of halogens is 3. The highest BCUT2D eigenvalue weighted by molar-refractivity contribution is 5.92. The van der Waals surface area contributed by atoms with Crippen LogP contribution in [0.5, 0.6) is 0 Å². The summed E-state index contributed by atoms with van der Waals surface area (Å²) in [4.78, 5) is 15.6. The lowest BCUT2D eigenvalue weighted by Crippen LogP contribution is -2.15. The molecular weight excluding hydrogens is 269 g/mol. The maximum absolute atomic E-state index is 12.5. The quantitative estimate of drug-likeness (QED) is 0.937. The van der Waals surface area contributed by atoms with Crippen LogP contribution in [-0.4, -0.2) is 10.9 Å². The van der Waals surface area contributed by atoms with Gasteiger partial charge >= 0.3 is 6.18 Å². The Balaban J connectivity index is 2.05. The molecule has 2 aromatic rings. The molecule has 1 amide bonds. The van der Waals surface area contributed by atoms with Crippen LogP contribution in [0.25, 0.3) is 0 Å². The minimum Gasteiger partial charge on any atom is -0.326 e. The van der Waals surface area contributed by atoms with E-state index >= 15 is 0 Å². The minimum atomic E-state index is -4.43. The smallest absolute Gasteiger partial charge is 0.326 e. The molecule has 0 unspecified atom stereocenters. The van der Waals surface area contributed by atoms with Crippen molar-refractivity contribution in [3.05, 3.63) is 59.9 Å². The summed E-state index contributed by atoms with van der Waals surface area (Å²) in [5, 5.41) is 2.44. The van der Waals surface area contributed by atoms with Gasteiger partial charge in [0.2, 0.25) is 5.91 Å². The fourth-order valence-corrected chi connectivity index (χ4v) is 1.67. The van der Waals surface area contributed by atoms with Crippen LogP contribution < -0.4 is 5.32 Å². The van der Waals surface area contributed by atoms with Gasteiger partial charge in [0.1, 0.15) is 0 Å². The summed E-state index contributed by atoms with van der Waals surface area (Å²) in [5.74, 6) is -0.391. The van der Waals surface area contributed by atoms with E-state index in [4.69, 9.17) is 0 Å². The van der Waals surface area contributed by atoms with Crippen molar-refractivity contribution >= 4 is 11.6 Å². The van der Waals surface area contributed by atoms with Gasteiger partial charge in [-0.25, -0.2) is 0 Å². The zero-order chi connectivity index (χ0) is 14.6. The Hall–Kier alpha value is -2.37. The molecule has 0 radical (unpaired) electrons. The lowest BCUT2D eigenvalue weighted by Gasteiger charge is -2.09. The van der Waals surface area contributed by atoms with Crippen molar-refractivity contribution in [2.75, 3.05) is 5.32 Å². The third-order valence-electron chi connectivity index (χ3n) is 2.56. The maximum Gasteiger partial charge on any atom is 0.416 e. The summed E-state index contributed by atoms with van der Waals surface area (Å²) in [6, 6.07) is 7.93. The summed E-state index contributed by atoms with van der Waals surface area (Å²) in [6.07, 6.45) is -1.26. The molecule has 20 heavy (non-hydrogen) atoms. The molecule has 1 heterocycles. The van der Waals surface area contributed by atoms with Crippen LogP contribution >= 0.6 is 0 Å². The van der Waals surface area contributed by atoms with E-state index in [1.165, 1.54) is 18.3 Å². The average Bonchev–Trinajstić information content (AvgIpc) is 2.39. The van der Waals surface area contributed by atoms with Gasteiger partial charge in [-0.1, -0.05) is 12.1 Å². The van der Waals surface area contributed by atoms with Crippen molar-refractivity contribution in [1.29, 1.82) is 0 Å². The highest BCUT2D eigenvalue weighted by Gasteiger charge is 2.30. The second-order valence-corrected chi connectivity index (χ2v) is 4.16. The highest BCUT2D eigenvalue weighted by Crippen LogP contribution is 2.30. The Labute approximate surface area is 113 Å². The predicted octanol–water partition coefficient (Wildman–Crippen LogP) is 3.28. The summed E-state index contributed by atoms with van der Waals surface area (Å²) in [6.45, 7) is 0. The van der Waals surface area contributed by atoms with E-state index in [9.17, 15) is 18.0 Å². The van der Waals surface area contributed by atoms with E-state index in [1.807, 2.05) is 0 Å².